The van der Waals surface area contributed by atoms with Gasteiger partial charge in [0.15, 0.2) is 6.23 Å². The van der Waals surface area contributed by atoms with Crippen LogP contribution in [0, 0.1) is 5.92 Å². The molecule has 0 unspecified atom stereocenters. The molecular weight excluding hydrogens is 943 g/mol. The van der Waals surface area contributed by atoms with E-state index in [2.05, 4.69) is 53.2 Å². The Balaban J connectivity index is 1.45. The first kappa shape index (κ1) is 52.3. The van der Waals surface area contributed by atoms with Crippen molar-refractivity contribution in [3.8, 4) is 11.5 Å². The van der Waals surface area contributed by atoms with E-state index in [1.807, 2.05) is 13.0 Å². The van der Waals surface area contributed by atoms with Crippen molar-refractivity contribution < 1.29 is 67.6 Å². The number of carboxylic acid groups (broad SMARTS) is 1. The molecule has 5 aliphatic heterocycles. The fraction of sp³-hybridized carbons (Fsp3) is 0.532. The van der Waals surface area contributed by atoms with Crippen LogP contribution in [0.15, 0.2) is 30.3 Å². The quantitative estimate of drug-likeness (QED) is 0.125. The van der Waals surface area contributed by atoms with Gasteiger partial charge in [0.25, 0.3) is 0 Å². The van der Waals surface area contributed by atoms with Gasteiger partial charge in [-0.1, -0.05) is 38.1 Å². The van der Waals surface area contributed by atoms with Gasteiger partial charge in [-0.15, -0.1) is 0 Å². The lowest BCUT2D eigenvalue weighted by atomic mass is 9.70. The zero-order chi connectivity index (χ0) is 52.4. The molecule has 14 N–H and O–H groups in total. The molecule has 2 aromatic rings. The van der Waals surface area contributed by atoms with Crippen LogP contribution in [0.25, 0.3) is 0 Å². The fourth-order valence-electron chi connectivity index (χ4n) is 9.74. The minimum absolute atomic E-state index is 0.000611. The molecule has 25 heteroatoms. The number of carbonyl (C=O) groups is 10. The first-order valence-corrected chi connectivity index (χ1v) is 23.7. The summed E-state index contributed by atoms with van der Waals surface area (Å²) < 4.78 is 13.7. The number of anilines is 1. The fourth-order valence-corrected chi connectivity index (χ4v) is 9.74. The number of carboxylic acids is 1. The molecule has 9 amide bonds. The number of fused-ring (bicyclic) bond motifs is 4. The molecule has 2 aromatic carbocycles. The number of hydrogen-bond acceptors (Lipinski definition) is 15. The molecule has 25 nitrogen and oxygen atoms in total. The SMILES string of the molecule is CC[C@@]1(C)Oc2cccc3c2N[C@@H]2Oc4c5cc6cc4[C@]32C[C@H](NC(=O)[C@H](C)NC(=O)CNC(=O)[C@H](C6)NC(=O)[C@@H](NC(=O)[C@@H](C)N)C[C@@H](C)C5)C(=O)NCC(=O)NCC(=O)N[C@@H]1C(=O)N[C@@H](CO)C(=O)O. The summed E-state index contributed by atoms with van der Waals surface area (Å²) in [5, 5.41) is 45.9. The number of benzene rings is 2. The molecule has 0 aromatic heterocycles. The molecule has 0 radical (unpaired) electrons. The molecule has 0 saturated heterocycles. The van der Waals surface area contributed by atoms with Crippen molar-refractivity contribution in [3.63, 3.8) is 0 Å². The number of hydrogen-bond donors (Lipinski definition) is 13. The highest BCUT2D eigenvalue weighted by molar-refractivity contribution is 5.97. The highest BCUT2D eigenvalue weighted by Gasteiger charge is 2.59. The molecule has 0 fully saturated rings. The number of amides is 9. The third-order valence-corrected chi connectivity index (χ3v) is 13.7. The molecule has 5 heterocycles. The normalized spacial score (nSPS) is 29.6. The number of aliphatic hydroxyl groups is 1. The van der Waals surface area contributed by atoms with Gasteiger partial charge in [-0.3, -0.25) is 43.2 Å². The largest absolute Gasteiger partial charge is 0.483 e. The topological polar surface area (TPSA) is 376 Å². The summed E-state index contributed by atoms with van der Waals surface area (Å²) in [4.78, 5) is 136. The first-order valence-electron chi connectivity index (χ1n) is 23.7. The molecule has 0 aliphatic carbocycles. The van der Waals surface area contributed by atoms with E-state index in [4.69, 9.17) is 15.2 Å². The zero-order valence-corrected chi connectivity index (χ0v) is 40.3. The third-order valence-electron chi connectivity index (χ3n) is 13.7. The van der Waals surface area contributed by atoms with Crippen LogP contribution in [0.5, 0.6) is 11.5 Å². The van der Waals surface area contributed by atoms with Crippen LogP contribution < -0.4 is 68.4 Å². The van der Waals surface area contributed by atoms with E-state index in [1.54, 1.807) is 31.2 Å². The van der Waals surface area contributed by atoms with E-state index in [0.717, 1.165) is 0 Å². The predicted octanol–water partition coefficient (Wildman–Crippen LogP) is -4.09. The van der Waals surface area contributed by atoms with E-state index < -0.39 is 145 Å². The Morgan fingerprint density at radius 2 is 1.50 bits per heavy atom. The summed E-state index contributed by atoms with van der Waals surface area (Å²) >= 11 is 0. The number of ether oxygens (including phenoxy) is 2. The lowest BCUT2D eigenvalue weighted by Gasteiger charge is -2.38. The average molecular weight is 1000 g/mol. The molecule has 388 valence electrons. The van der Waals surface area contributed by atoms with Crippen molar-refractivity contribution in [3.05, 3.63) is 52.6 Å². The van der Waals surface area contributed by atoms with Crippen LogP contribution in [0.3, 0.4) is 0 Å². The number of aliphatic hydroxyl groups excluding tert-OH is 1. The standard InChI is InChI=1S/C47H61N11O14/c1-6-46(5)37(43(68)56-30(19-59)44(69)70)57-34(62)17-49-32(60)16-50-41(66)29-15-47-25-8-7-9-31(72-46)35(25)58-45(47)71-36-24-10-20(2)11-27(53-38(63)21(3)48)42(67)54-28(14-23(12-24)13-26(36)47)40(65)51-18-33(61)52-22(4)39(64)55-29/h7-9,12-13,20-22,27-30,37,45,58-59H,6,10-11,14-19,48H2,1-5H3,(H,49,60)(H,50,66)(H,51,65)(H,52,61)(H,53,63)(H,54,67)(H,55,64)(H,56,68)(H,57,62)(H,69,70)/t20-,21+,22-,27-,28-,29-,30-,37+,45+,46+,47-/m0/s1. The number of carbonyl (C=O) groups excluding carboxylic acids is 9. The van der Waals surface area contributed by atoms with Crippen molar-refractivity contribution in [2.24, 2.45) is 11.7 Å². The Labute approximate surface area is 413 Å². The van der Waals surface area contributed by atoms with Crippen molar-refractivity contribution >= 4 is 64.8 Å². The van der Waals surface area contributed by atoms with Gasteiger partial charge >= 0.3 is 5.97 Å². The summed E-state index contributed by atoms with van der Waals surface area (Å²) in [7, 11) is 0. The summed E-state index contributed by atoms with van der Waals surface area (Å²) in [6.07, 6.45) is -1.19. The lowest BCUT2D eigenvalue weighted by molar-refractivity contribution is -0.145. The predicted molar refractivity (Wildman–Crippen MR) is 251 cm³/mol. The number of rotatable bonds is 7. The third kappa shape index (κ3) is 10.7. The van der Waals surface area contributed by atoms with Crippen LogP contribution in [0.4, 0.5) is 5.69 Å². The number of para-hydroxylation sites is 1. The van der Waals surface area contributed by atoms with Crippen LogP contribution >= 0.6 is 0 Å². The van der Waals surface area contributed by atoms with Crippen molar-refractivity contribution in [2.45, 2.75) is 126 Å². The van der Waals surface area contributed by atoms with E-state index in [0.29, 0.717) is 33.7 Å². The van der Waals surface area contributed by atoms with Crippen LogP contribution in [-0.4, -0.2) is 150 Å². The summed E-state index contributed by atoms with van der Waals surface area (Å²) in [6, 6.07) is -1.07. The Kier molecular flexibility index (Phi) is 15.3. The van der Waals surface area contributed by atoms with E-state index in [9.17, 15) is 58.2 Å². The van der Waals surface area contributed by atoms with E-state index >= 15 is 0 Å². The Hall–Kier alpha value is -7.54. The van der Waals surface area contributed by atoms with Gasteiger partial charge in [-0.2, -0.15) is 0 Å². The minimum Gasteiger partial charge on any atom is -0.483 e. The number of aliphatic carboxylic acids is 1. The van der Waals surface area contributed by atoms with E-state index in [-0.39, 0.29) is 43.8 Å². The smallest absolute Gasteiger partial charge is 0.328 e. The average Bonchev–Trinajstić information content (AvgIpc) is 3.81. The highest BCUT2D eigenvalue weighted by Crippen LogP contribution is 2.59. The van der Waals surface area contributed by atoms with Gasteiger partial charge in [-0.05, 0) is 75.1 Å². The molecular formula is C47H61N11O14. The van der Waals surface area contributed by atoms with Crippen molar-refractivity contribution in [1.82, 2.24) is 47.9 Å². The highest BCUT2D eigenvalue weighted by atomic mass is 16.5. The second-order valence-corrected chi connectivity index (χ2v) is 19.2. The maximum absolute atomic E-state index is 14.6. The molecule has 11 atom stereocenters. The molecule has 0 saturated carbocycles. The Bertz CT molecular complexity index is 2580. The first-order chi connectivity index (χ1) is 34.1. The number of nitrogens with two attached hydrogens (primary N) is 1. The minimum atomic E-state index is -1.77. The Morgan fingerprint density at radius 3 is 2.18 bits per heavy atom. The van der Waals surface area contributed by atoms with Crippen molar-refractivity contribution in [2.75, 3.05) is 31.6 Å². The zero-order valence-electron chi connectivity index (χ0n) is 40.3. The monoisotopic (exact) mass is 1000 g/mol. The van der Waals surface area contributed by atoms with Gasteiger partial charge in [0.2, 0.25) is 53.2 Å². The van der Waals surface area contributed by atoms with Crippen molar-refractivity contribution in [1.29, 1.82) is 0 Å². The maximum Gasteiger partial charge on any atom is 0.328 e. The second kappa shape index (κ2) is 21.0. The van der Waals surface area contributed by atoms with Crippen LogP contribution in [-0.2, 0) is 66.2 Å². The van der Waals surface area contributed by atoms with E-state index in [1.165, 1.54) is 20.8 Å². The van der Waals surface area contributed by atoms with Crippen LogP contribution in [0.1, 0.15) is 76.1 Å². The number of nitrogens with one attached hydrogen (secondary N) is 10. The van der Waals surface area contributed by atoms with Gasteiger partial charge in [0.1, 0.15) is 53.4 Å². The summed E-state index contributed by atoms with van der Waals surface area (Å²) in [6.45, 7) is 4.83. The lowest BCUT2D eigenvalue weighted by Crippen LogP contribution is -2.64. The summed E-state index contributed by atoms with van der Waals surface area (Å²) in [5.41, 5.74) is 5.10. The molecule has 9 bridgehead atoms. The summed E-state index contributed by atoms with van der Waals surface area (Å²) in [5.74, 6) is -8.69. The second-order valence-electron chi connectivity index (χ2n) is 19.2. The molecule has 72 heavy (non-hydrogen) atoms. The maximum atomic E-state index is 14.6. The molecule has 5 aliphatic rings. The molecule has 7 rings (SSSR count). The van der Waals surface area contributed by atoms with Gasteiger partial charge in [0, 0.05) is 12.0 Å². The van der Waals surface area contributed by atoms with Gasteiger partial charge < -0.3 is 78.6 Å². The van der Waals surface area contributed by atoms with Gasteiger partial charge in [0.05, 0.1) is 43.4 Å². The van der Waals surface area contributed by atoms with Gasteiger partial charge in [-0.25, -0.2) is 4.79 Å². The Morgan fingerprint density at radius 1 is 0.833 bits per heavy atom. The molecule has 1 spiro atoms. The van der Waals surface area contributed by atoms with Crippen LogP contribution in [0.2, 0.25) is 0 Å².